The first kappa shape index (κ1) is 15.4. The van der Waals surface area contributed by atoms with E-state index in [1.54, 1.807) is 0 Å². The van der Waals surface area contributed by atoms with E-state index in [1.165, 1.54) is 31.2 Å². The molecule has 0 atom stereocenters. The third-order valence-electron chi connectivity index (χ3n) is 4.51. The molecule has 2 nitrogen and oxygen atoms in total. The van der Waals surface area contributed by atoms with Gasteiger partial charge in [0.15, 0.2) is 0 Å². The maximum atomic E-state index is 5.77. The molecule has 0 amide bonds. The van der Waals surface area contributed by atoms with Crippen molar-refractivity contribution in [1.82, 2.24) is 5.32 Å². The first-order valence-corrected chi connectivity index (χ1v) is 8.08. The zero-order chi connectivity index (χ0) is 14.4. The third-order valence-corrected chi connectivity index (χ3v) is 4.51. The lowest BCUT2D eigenvalue weighted by molar-refractivity contribution is 0.228. The summed E-state index contributed by atoms with van der Waals surface area (Å²) in [6.07, 6.45) is 5.42. The van der Waals surface area contributed by atoms with Crippen LogP contribution < -0.4 is 10.1 Å². The second-order valence-electron chi connectivity index (χ2n) is 6.47. The van der Waals surface area contributed by atoms with Gasteiger partial charge in [0.1, 0.15) is 12.4 Å². The number of ether oxygens (including phenoxy) is 1. The van der Waals surface area contributed by atoms with Gasteiger partial charge in [0.05, 0.1) is 0 Å². The van der Waals surface area contributed by atoms with Crippen molar-refractivity contribution in [3.63, 3.8) is 0 Å². The van der Waals surface area contributed by atoms with Gasteiger partial charge in [-0.3, -0.25) is 0 Å². The van der Waals surface area contributed by atoms with E-state index in [0.29, 0.717) is 6.04 Å². The van der Waals surface area contributed by atoms with Gasteiger partial charge in [-0.1, -0.05) is 26.0 Å². The van der Waals surface area contributed by atoms with Crippen LogP contribution in [0.25, 0.3) is 0 Å². The highest BCUT2D eigenvalue weighted by Gasteiger charge is 2.22. The van der Waals surface area contributed by atoms with Crippen LogP contribution in [0, 0.1) is 18.8 Å². The van der Waals surface area contributed by atoms with Gasteiger partial charge in [-0.15, -0.1) is 0 Å². The number of hydrogen-bond donors (Lipinski definition) is 1. The van der Waals surface area contributed by atoms with Gasteiger partial charge in [0.2, 0.25) is 0 Å². The molecule has 2 rings (SSSR count). The van der Waals surface area contributed by atoms with Crippen LogP contribution >= 0.6 is 0 Å². The van der Waals surface area contributed by atoms with Crippen molar-refractivity contribution in [3.8, 4) is 5.75 Å². The van der Waals surface area contributed by atoms with E-state index in [4.69, 9.17) is 4.74 Å². The molecule has 0 heterocycles. The molecule has 1 N–H and O–H groups in total. The van der Waals surface area contributed by atoms with Gasteiger partial charge in [0.25, 0.3) is 0 Å². The SMILES string of the molecule is Cc1cccc(OCCNC2CCC(C(C)C)CC2)c1. The summed E-state index contributed by atoms with van der Waals surface area (Å²) in [6.45, 7) is 8.51. The van der Waals surface area contributed by atoms with E-state index in [9.17, 15) is 0 Å². The van der Waals surface area contributed by atoms with E-state index in [0.717, 1.165) is 30.7 Å². The molecule has 1 saturated carbocycles. The highest BCUT2D eigenvalue weighted by Crippen LogP contribution is 2.29. The summed E-state index contributed by atoms with van der Waals surface area (Å²) in [4.78, 5) is 0. The topological polar surface area (TPSA) is 21.3 Å². The lowest BCUT2D eigenvalue weighted by Gasteiger charge is -2.31. The molecular formula is C18H29NO. The highest BCUT2D eigenvalue weighted by molar-refractivity contribution is 5.27. The van der Waals surface area contributed by atoms with Gasteiger partial charge in [0, 0.05) is 12.6 Å². The van der Waals surface area contributed by atoms with Gasteiger partial charge < -0.3 is 10.1 Å². The van der Waals surface area contributed by atoms with Crippen molar-refractivity contribution in [2.45, 2.75) is 52.5 Å². The predicted molar refractivity (Wildman–Crippen MR) is 85.3 cm³/mol. The van der Waals surface area contributed by atoms with Gasteiger partial charge in [-0.2, -0.15) is 0 Å². The molecule has 0 radical (unpaired) electrons. The fourth-order valence-electron chi connectivity index (χ4n) is 3.13. The monoisotopic (exact) mass is 275 g/mol. The summed E-state index contributed by atoms with van der Waals surface area (Å²) < 4.78 is 5.77. The van der Waals surface area contributed by atoms with Crippen LogP contribution in [0.3, 0.4) is 0 Å². The molecule has 20 heavy (non-hydrogen) atoms. The maximum absolute atomic E-state index is 5.77. The molecule has 1 fully saturated rings. The molecule has 0 aliphatic heterocycles. The van der Waals surface area contributed by atoms with Crippen LogP contribution in [-0.4, -0.2) is 19.2 Å². The standard InChI is InChI=1S/C18H29NO/c1-14(2)16-7-9-17(10-8-16)19-11-12-20-18-6-4-5-15(3)13-18/h4-6,13-14,16-17,19H,7-12H2,1-3H3. The van der Waals surface area contributed by atoms with Gasteiger partial charge >= 0.3 is 0 Å². The van der Waals surface area contributed by atoms with Crippen LogP contribution in [0.1, 0.15) is 45.1 Å². The van der Waals surface area contributed by atoms with Crippen molar-refractivity contribution >= 4 is 0 Å². The highest BCUT2D eigenvalue weighted by atomic mass is 16.5. The second kappa shape index (κ2) is 7.68. The second-order valence-corrected chi connectivity index (χ2v) is 6.47. The Hall–Kier alpha value is -1.02. The third kappa shape index (κ3) is 4.82. The fourth-order valence-corrected chi connectivity index (χ4v) is 3.13. The van der Waals surface area contributed by atoms with E-state index >= 15 is 0 Å². The Morgan fingerprint density at radius 1 is 1.20 bits per heavy atom. The Balaban J connectivity index is 1.60. The van der Waals surface area contributed by atoms with Crippen LogP contribution in [-0.2, 0) is 0 Å². The summed E-state index contributed by atoms with van der Waals surface area (Å²) in [5.41, 5.74) is 1.25. The van der Waals surface area contributed by atoms with Gasteiger partial charge in [-0.25, -0.2) is 0 Å². The number of rotatable bonds is 6. The molecule has 0 bridgehead atoms. The van der Waals surface area contributed by atoms with Crippen LogP contribution in [0.4, 0.5) is 0 Å². The molecule has 1 aromatic carbocycles. The van der Waals surface area contributed by atoms with E-state index in [1.807, 2.05) is 12.1 Å². The van der Waals surface area contributed by atoms with Crippen LogP contribution in [0.15, 0.2) is 24.3 Å². The summed E-state index contributed by atoms with van der Waals surface area (Å²) in [7, 11) is 0. The molecule has 0 saturated heterocycles. The lowest BCUT2D eigenvalue weighted by Crippen LogP contribution is -2.36. The van der Waals surface area contributed by atoms with Crippen molar-refractivity contribution < 1.29 is 4.74 Å². The molecule has 1 aliphatic carbocycles. The average molecular weight is 275 g/mol. The van der Waals surface area contributed by atoms with Crippen molar-refractivity contribution in [2.75, 3.05) is 13.2 Å². The van der Waals surface area contributed by atoms with Crippen LogP contribution in [0.2, 0.25) is 0 Å². The van der Waals surface area contributed by atoms with E-state index in [2.05, 4.69) is 38.2 Å². The summed E-state index contributed by atoms with van der Waals surface area (Å²) in [5.74, 6) is 2.77. The molecule has 0 aromatic heterocycles. The smallest absolute Gasteiger partial charge is 0.119 e. The molecule has 1 aliphatic rings. The number of hydrogen-bond acceptors (Lipinski definition) is 2. The van der Waals surface area contributed by atoms with Crippen molar-refractivity contribution in [1.29, 1.82) is 0 Å². The Morgan fingerprint density at radius 2 is 1.95 bits per heavy atom. The zero-order valence-corrected chi connectivity index (χ0v) is 13.2. The first-order valence-electron chi connectivity index (χ1n) is 8.08. The summed E-state index contributed by atoms with van der Waals surface area (Å²) in [6, 6.07) is 8.96. The maximum Gasteiger partial charge on any atom is 0.119 e. The van der Waals surface area contributed by atoms with Gasteiger partial charge in [-0.05, 0) is 62.1 Å². The quantitative estimate of drug-likeness (QED) is 0.786. The molecule has 0 unspecified atom stereocenters. The van der Waals surface area contributed by atoms with Crippen molar-refractivity contribution in [3.05, 3.63) is 29.8 Å². The summed E-state index contributed by atoms with van der Waals surface area (Å²) >= 11 is 0. The minimum Gasteiger partial charge on any atom is -0.492 e. The predicted octanol–water partition coefficient (Wildman–Crippen LogP) is 4.18. The Bertz CT molecular complexity index is 394. The van der Waals surface area contributed by atoms with Crippen LogP contribution in [0.5, 0.6) is 5.75 Å². The normalized spacial score (nSPS) is 23.0. The molecule has 0 spiro atoms. The minimum atomic E-state index is 0.700. The zero-order valence-electron chi connectivity index (χ0n) is 13.2. The Kier molecular flexibility index (Phi) is 5.90. The Labute approximate surface area is 123 Å². The fraction of sp³-hybridized carbons (Fsp3) is 0.667. The largest absolute Gasteiger partial charge is 0.492 e. The minimum absolute atomic E-state index is 0.700. The average Bonchev–Trinajstić information content (AvgIpc) is 2.44. The molecule has 1 aromatic rings. The van der Waals surface area contributed by atoms with Crippen molar-refractivity contribution in [2.24, 2.45) is 11.8 Å². The summed E-state index contributed by atoms with van der Waals surface area (Å²) in [5, 5.41) is 3.64. The number of aryl methyl sites for hydroxylation is 1. The molecular weight excluding hydrogens is 246 g/mol. The molecule has 2 heteroatoms. The Morgan fingerprint density at radius 3 is 2.60 bits per heavy atom. The van der Waals surface area contributed by atoms with E-state index in [-0.39, 0.29) is 0 Å². The lowest BCUT2D eigenvalue weighted by atomic mass is 9.80. The number of benzene rings is 1. The number of nitrogens with one attached hydrogen (secondary N) is 1. The first-order chi connectivity index (χ1) is 9.65. The van der Waals surface area contributed by atoms with E-state index < -0.39 is 0 Å². The molecule has 112 valence electrons.